The minimum atomic E-state index is -0.191. The average molecular weight is 492 g/mol. The molecule has 4 nitrogen and oxygen atoms in total. The summed E-state index contributed by atoms with van der Waals surface area (Å²) in [5.41, 5.74) is 4.89. The van der Waals surface area contributed by atoms with Gasteiger partial charge in [-0.15, -0.1) is 0 Å². The summed E-state index contributed by atoms with van der Waals surface area (Å²) < 4.78 is 6.39. The zero-order valence-electron chi connectivity index (χ0n) is 20.9. The molecule has 0 aromatic heterocycles. The second-order valence-corrected chi connectivity index (χ2v) is 9.89. The van der Waals surface area contributed by atoms with E-state index >= 15 is 0 Å². The van der Waals surface area contributed by atoms with E-state index in [4.69, 9.17) is 16.3 Å². The van der Waals surface area contributed by atoms with Gasteiger partial charge in [0.1, 0.15) is 18.1 Å². The normalized spacial score (nSPS) is 12.0. The maximum atomic E-state index is 12.2. The van der Waals surface area contributed by atoms with Gasteiger partial charge in [-0.3, -0.25) is 4.79 Å². The van der Waals surface area contributed by atoms with Crippen molar-refractivity contribution in [2.45, 2.75) is 52.6 Å². The first-order valence-corrected chi connectivity index (χ1v) is 12.5. The highest BCUT2D eigenvalue weighted by Gasteiger charge is 2.17. The van der Waals surface area contributed by atoms with Gasteiger partial charge in [0.25, 0.3) is 5.91 Å². The van der Waals surface area contributed by atoms with E-state index in [9.17, 15) is 9.59 Å². The average Bonchev–Trinajstić information content (AvgIpc) is 2.84. The van der Waals surface area contributed by atoms with Gasteiger partial charge < -0.3 is 14.8 Å². The number of ether oxygens (including phenoxy) is 1. The Labute approximate surface area is 213 Å². The maximum Gasteiger partial charge on any atom is 0.251 e. The van der Waals surface area contributed by atoms with Crippen LogP contribution in [0.1, 0.15) is 74.0 Å². The summed E-state index contributed by atoms with van der Waals surface area (Å²) in [6, 6.07) is 21.8. The number of aldehydes is 1. The quantitative estimate of drug-likeness (QED) is 0.222. The number of amides is 1. The minimum Gasteiger partial charge on any atom is -0.486 e. The minimum absolute atomic E-state index is 0.172. The molecule has 0 aliphatic heterocycles. The van der Waals surface area contributed by atoms with Crippen molar-refractivity contribution in [2.24, 2.45) is 5.92 Å². The molecular weight excluding hydrogens is 458 g/mol. The summed E-state index contributed by atoms with van der Waals surface area (Å²) in [6.07, 6.45) is 1.74. The van der Waals surface area contributed by atoms with Crippen molar-refractivity contribution < 1.29 is 14.3 Å². The fourth-order valence-corrected chi connectivity index (χ4v) is 4.17. The van der Waals surface area contributed by atoms with Gasteiger partial charge in [-0.25, -0.2) is 0 Å². The molecule has 0 heterocycles. The van der Waals surface area contributed by atoms with E-state index in [1.165, 1.54) is 5.56 Å². The molecule has 5 heteroatoms. The Balaban J connectivity index is 1.76. The smallest absolute Gasteiger partial charge is 0.251 e. The summed E-state index contributed by atoms with van der Waals surface area (Å²) in [4.78, 5) is 22.7. The first-order valence-electron chi connectivity index (χ1n) is 12.2. The predicted molar refractivity (Wildman–Crippen MR) is 143 cm³/mol. The van der Waals surface area contributed by atoms with Crippen LogP contribution in [0.5, 0.6) is 5.75 Å². The third-order valence-corrected chi connectivity index (χ3v) is 6.20. The lowest BCUT2D eigenvalue weighted by atomic mass is 9.98. The molecule has 3 aromatic carbocycles. The lowest BCUT2D eigenvalue weighted by Gasteiger charge is -2.22. The highest BCUT2D eigenvalue weighted by atomic mass is 35.5. The molecule has 0 fully saturated rings. The molecular formula is C30H34ClNO3. The van der Waals surface area contributed by atoms with Crippen LogP contribution >= 0.6 is 11.6 Å². The van der Waals surface area contributed by atoms with Crippen LogP contribution in [0.25, 0.3) is 11.1 Å². The van der Waals surface area contributed by atoms with Gasteiger partial charge in [-0.1, -0.05) is 75.7 Å². The standard InChI is InChI=1S/C30H34ClNO3/c1-20(2)18-29(24-10-12-25(13-11-24)30(34)32-16-5-17-33)35-26-14-15-27(28(31)19-26)23-8-6-22(7-9-23)21(3)4/h6-15,17,19-21,29H,5,16,18H2,1-4H3,(H,32,34). The van der Waals surface area contributed by atoms with Gasteiger partial charge in [-0.2, -0.15) is 0 Å². The SMILES string of the molecule is CC(C)CC(Oc1ccc(-c2ccc(C(C)C)cc2)c(Cl)c1)c1ccc(C(=O)NCCC=O)cc1. The number of hydrogen-bond donors (Lipinski definition) is 1. The molecule has 0 radical (unpaired) electrons. The van der Waals surface area contributed by atoms with Gasteiger partial charge in [0.2, 0.25) is 0 Å². The van der Waals surface area contributed by atoms with Crippen LogP contribution in [0.4, 0.5) is 0 Å². The second-order valence-electron chi connectivity index (χ2n) is 9.49. The van der Waals surface area contributed by atoms with Crippen molar-refractivity contribution >= 4 is 23.8 Å². The fraction of sp³-hybridized carbons (Fsp3) is 0.333. The molecule has 0 spiro atoms. The van der Waals surface area contributed by atoms with Crippen LogP contribution in [-0.2, 0) is 4.79 Å². The Kier molecular flexibility index (Phi) is 9.50. The molecule has 35 heavy (non-hydrogen) atoms. The molecule has 1 atom stereocenters. The molecule has 1 amide bonds. The van der Waals surface area contributed by atoms with Crippen LogP contribution < -0.4 is 10.1 Å². The molecule has 1 N–H and O–H groups in total. The van der Waals surface area contributed by atoms with Gasteiger partial charge >= 0.3 is 0 Å². The fourth-order valence-electron chi connectivity index (χ4n) is 3.89. The predicted octanol–water partition coefficient (Wildman–Crippen LogP) is 7.62. The highest BCUT2D eigenvalue weighted by molar-refractivity contribution is 6.33. The van der Waals surface area contributed by atoms with Crippen LogP contribution in [-0.4, -0.2) is 18.7 Å². The lowest BCUT2D eigenvalue weighted by molar-refractivity contribution is -0.107. The van der Waals surface area contributed by atoms with Gasteiger partial charge in [0.05, 0.1) is 5.02 Å². The number of hydrogen-bond acceptors (Lipinski definition) is 3. The Bertz CT molecular complexity index is 1120. The molecule has 1 unspecified atom stereocenters. The Hall–Kier alpha value is -3.11. The van der Waals surface area contributed by atoms with E-state index in [1.807, 2.05) is 30.3 Å². The number of nitrogens with one attached hydrogen (secondary N) is 1. The second kappa shape index (κ2) is 12.6. The van der Waals surface area contributed by atoms with E-state index in [2.05, 4.69) is 57.3 Å². The molecule has 0 aliphatic rings. The number of carbonyl (C=O) groups is 2. The molecule has 3 aromatic rings. The first kappa shape index (κ1) is 26.5. The van der Waals surface area contributed by atoms with Crippen LogP contribution in [0.2, 0.25) is 5.02 Å². The van der Waals surface area contributed by atoms with E-state index in [-0.39, 0.29) is 12.0 Å². The maximum absolute atomic E-state index is 12.2. The summed E-state index contributed by atoms with van der Waals surface area (Å²) in [5, 5.41) is 3.38. The van der Waals surface area contributed by atoms with Gasteiger partial charge in [0, 0.05) is 24.1 Å². The van der Waals surface area contributed by atoms with Crippen molar-refractivity contribution in [3.8, 4) is 16.9 Å². The molecule has 0 saturated carbocycles. The van der Waals surface area contributed by atoms with Crippen molar-refractivity contribution in [3.05, 3.63) is 88.4 Å². The zero-order valence-corrected chi connectivity index (χ0v) is 21.6. The monoisotopic (exact) mass is 491 g/mol. The molecule has 0 bridgehead atoms. The zero-order chi connectivity index (χ0) is 25.4. The molecule has 184 valence electrons. The van der Waals surface area contributed by atoms with Gasteiger partial charge in [-0.05, 0) is 65.3 Å². The Morgan fingerprint density at radius 3 is 2.17 bits per heavy atom. The number of rotatable bonds is 11. The van der Waals surface area contributed by atoms with E-state index < -0.39 is 0 Å². The topological polar surface area (TPSA) is 55.4 Å². The molecule has 0 saturated heterocycles. The van der Waals surface area contributed by atoms with Crippen LogP contribution in [0, 0.1) is 5.92 Å². The van der Waals surface area contributed by atoms with Crippen molar-refractivity contribution in [2.75, 3.05) is 6.54 Å². The van der Waals surface area contributed by atoms with Gasteiger partial charge in [0.15, 0.2) is 0 Å². The summed E-state index contributed by atoms with van der Waals surface area (Å²) >= 11 is 6.66. The van der Waals surface area contributed by atoms with Crippen molar-refractivity contribution in [3.63, 3.8) is 0 Å². The first-order chi connectivity index (χ1) is 16.8. The van der Waals surface area contributed by atoms with E-state index in [0.717, 1.165) is 29.4 Å². The third-order valence-electron chi connectivity index (χ3n) is 5.89. The Morgan fingerprint density at radius 2 is 1.60 bits per heavy atom. The summed E-state index contributed by atoms with van der Waals surface area (Å²) in [6.45, 7) is 9.01. The Morgan fingerprint density at radius 1 is 0.943 bits per heavy atom. The molecule has 3 rings (SSSR count). The number of halogens is 1. The van der Waals surface area contributed by atoms with E-state index in [0.29, 0.717) is 41.1 Å². The highest BCUT2D eigenvalue weighted by Crippen LogP contribution is 2.35. The summed E-state index contributed by atoms with van der Waals surface area (Å²) in [5.74, 6) is 1.42. The number of benzene rings is 3. The van der Waals surface area contributed by atoms with Crippen LogP contribution in [0.15, 0.2) is 66.7 Å². The third kappa shape index (κ3) is 7.43. The molecule has 0 aliphatic carbocycles. The van der Waals surface area contributed by atoms with Crippen molar-refractivity contribution in [1.82, 2.24) is 5.32 Å². The largest absolute Gasteiger partial charge is 0.486 e. The van der Waals surface area contributed by atoms with Crippen LogP contribution in [0.3, 0.4) is 0 Å². The van der Waals surface area contributed by atoms with Crippen molar-refractivity contribution in [1.29, 1.82) is 0 Å². The number of carbonyl (C=O) groups excluding carboxylic acids is 2. The van der Waals surface area contributed by atoms with E-state index in [1.54, 1.807) is 12.1 Å². The lowest BCUT2D eigenvalue weighted by Crippen LogP contribution is -2.24. The summed E-state index contributed by atoms with van der Waals surface area (Å²) in [7, 11) is 0.